The second kappa shape index (κ2) is 6.47. The van der Waals surface area contributed by atoms with E-state index in [1.807, 2.05) is 0 Å². The maximum absolute atomic E-state index is 6.63. The molecule has 1 saturated carbocycles. The monoisotopic (exact) mass is 374 g/mol. The molecule has 3 unspecified atom stereocenters. The minimum Gasteiger partial charge on any atom is -0.368 e. The van der Waals surface area contributed by atoms with Crippen LogP contribution in [0, 0.1) is 5.92 Å². The first-order chi connectivity index (χ1) is 13.6. The average molecular weight is 375 g/mol. The Hall–Kier alpha value is -2.10. The molecule has 2 aromatic carbocycles. The molecule has 1 N–H and O–H groups in total. The van der Waals surface area contributed by atoms with E-state index in [0.717, 1.165) is 32.3 Å². The van der Waals surface area contributed by atoms with Gasteiger partial charge in [-0.1, -0.05) is 55.5 Å². The van der Waals surface area contributed by atoms with Gasteiger partial charge in [0.15, 0.2) is 0 Å². The van der Waals surface area contributed by atoms with Crippen LogP contribution in [0.4, 0.5) is 0 Å². The molecule has 2 heterocycles. The van der Waals surface area contributed by atoms with Crippen LogP contribution in [0.3, 0.4) is 0 Å². The van der Waals surface area contributed by atoms with Gasteiger partial charge in [-0.15, -0.1) is 0 Å². The Morgan fingerprint density at radius 2 is 1.75 bits per heavy atom. The van der Waals surface area contributed by atoms with E-state index >= 15 is 0 Å². The summed E-state index contributed by atoms with van der Waals surface area (Å²) >= 11 is 0. The van der Waals surface area contributed by atoms with Gasteiger partial charge in [-0.25, -0.2) is 0 Å². The van der Waals surface area contributed by atoms with Crippen LogP contribution in [0.15, 0.2) is 54.6 Å². The third-order valence-corrected chi connectivity index (χ3v) is 7.47. The molecule has 146 valence electrons. The molecule has 3 atom stereocenters. The first kappa shape index (κ1) is 18.0. The van der Waals surface area contributed by atoms with Crippen molar-refractivity contribution in [1.82, 2.24) is 9.88 Å². The summed E-state index contributed by atoms with van der Waals surface area (Å²) in [5.74, 6) is 0.427. The number of nitrogens with zero attached hydrogens (tertiary/aromatic N) is 1. The number of benzene rings is 2. The number of fused-ring (bicyclic) bond motifs is 4. The molecule has 0 radical (unpaired) electrons. The highest BCUT2D eigenvalue weighted by atomic mass is 16.5. The Kier molecular flexibility index (Phi) is 4.15. The van der Waals surface area contributed by atoms with E-state index in [4.69, 9.17) is 4.74 Å². The third-order valence-electron chi connectivity index (χ3n) is 7.47. The average Bonchev–Trinajstić information content (AvgIpc) is 3.11. The number of rotatable bonds is 2. The summed E-state index contributed by atoms with van der Waals surface area (Å²) < 4.78 is 6.63. The van der Waals surface area contributed by atoms with Crippen molar-refractivity contribution in [2.75, 3.05) is 20.7 Å². The van der Waals surface area contributed by atoms with Crippen LogP contribution in [-0.2, 0) is 22.3 Å². The number of ether oxygens (including phenoxy) is 1. The van der Waals surface area contributed by atoms with Crippen LogP contribution >= 0.6 is 0 Å². The van der Waals surface area contributed by atoms with Crippen molar-refractivity contribution in [2.24, 2.45) is 5.92 Å². The highest BCUT2D eigenvalue weighted by Crippen LogP contribution is 2.55. The minimum atomic E-state index is -0.194. The topological polar surface area (TPSA) is 28.3 Å². The first-order valence-corrected chi connectivity index (χ1v) is 10.5. The largest absolute Gasteiger partial charge is 0.368 e. The molecule has 0 amide bonds. The van der Waals surface area contributed by atoms with Gasteiger partial charge in [0.05, 0.1) is 12.3 Å². The number of aromatic nitrogens is 1. The molecule has 1 spiro atoms. The molecule has 0 bridgehead atoms. The summed E-state index contributed by atoms with van der Waals surface area (Å²) in [6.07, 6.45) is 4.24. The van der Waals surface area contributed by atoms with Gasteiger partial charge in [0, 0.05) is 16.4 Å². The Morgan fingerprint density at radius 3 is 2.50 bits per heavy atom. The number of nitrogens with one attached hydrogen (secondary N) is 1. The van der Waals surface area contributed by atoms with Crippen molar-refractivity contribution in [3.05, 3.63) is 71.4 Å². The van der Waals surface area contributed by atoms with Gasteiger partial charge in [0.1, 0.15) is 5.60 Å². The van der Waals surface area contributed by atoms with Crippen molar-refractivity contribution >= 4 is 10.9 Å². The van der Waals surface area contributed by atoms with E-state index in [0.29, 0.717) is 5.92 Å². The smallest absolute Gasteiger partial charge is 0.111 e. The molecule has 5 rings (SSSR count). The molecular weight excluding hydrogens is 344 g/mol. The Balaban J connectivity index is 1.58. The van der Waals surface area contributed by atoms with Gasteiger partial charge in [0.2, 0.25) is 0 Å². The maximum Gasteiger partial charge on any atom is 0.111 e. The van der Waals surface area contributed by atoms with E-state index in [2.05, 4.69) is 85.5 Å². The molecule has 1 aliphatic carbocycles. The number of aromatic amines is 1. The second-order valence-corrected chi connectivity index (χ2v) is 8.91. The van der Waals surface area contributed by atoms with Crippen molar-refractivity contribution in [2.45, 2.75) is 43.7 Å². The summed E-state index contributed by atoms with van der Waals surface area (Å²) in [4.78, 5) is 6.20. The lowest BCUT2D eigenvalue weighted by molar-refractivity contribution is -0.148. The van der Waals surface area contributed by atoms with Crippen LogP contribution in [0.25, 0.3) is 10.9 Å². The first-order valence-electron chi connectivity index (χ1n) is 10.5. The maximum atomic E-state index is 6.63. The summed E-state index contributed by atoms with van der Waals surface area (Å²) in [5.41, 5.74) is 5.37. The van der Waals surface area contributed by atoms with Gasteiger partial charge in [-0.2, -0.15) is 0 Å². The minimum absolute atomic E-state index is 0.0684. The molecule has 1 aromatic heterocycles. The quantitative estimate of drug-likeness (QED) is 0.667. The van der Waals surface area contributed by atoms with Gasteiger partial charge >= 0.3 is 0 Å². The zero-order chi connectivity index (χ0) is 19.4. The lowest BCUT2D eigenvalue weighted by atomic mass is 9.63. The molecule has 3 heteroatoms. The van der Waals surface area contributed by atoms with Crippen molar-refractivity contribution in [1.29, 1.82) is 0 Å². The standard InChI is InChI=1S/C25H30N2O/c1-18-17-24(27(2)3,19-9-5-4-6-10-19)14-15-25(18)23-21(13-16-28-25)20-11-7-8-12-22(20)26-23/h4-12,18,26H,13-17H2,1-3H3. The molecule has 0 saturated heterocycles. The van der Waals surface area contributed by atoms with Crippen molar-refractivity contribution in [3.8, 4) is 0 Å². The summed E-state index contributed by atoms with van der Waals surface area (Å²) in [6, 6.07) is 19.8. The zero-order valence-electron chi connectivity index (χ0n) is 17.2. The molecule has 3 nitrogen and oxygen atoms in total. The normalized spacial score (nSPS) is 30.1. The van der Waals surface area contributed by atoms with E-state index in [1.54, 1.807) is 0 Å². The van der Waals surface area contributed by atoms with Gasteiger partial charge in [-0.3, -0.25) is 4.90 Å². The summed E-state index contributed by atoms with van der Waals surface area (Å²) in [6.45, 7) is 3.21. The molecular formula is C25H30N2O. The van der Waals surface area contributed by atoms with Gasteiger partial charge < -0.3 is 9.72 Å². The van der Waals surface area contributed by atoms with Gasteiger partial charge in [-0.05, 0) is 62.9 Å². The second-order valence-electron chi connectivity index (χ2n) is 8.91. The molecule has 3 aromatic rings. The lowest BCUT2D eigenvalue weighted by Crippen LogP contribution is -2.54. The summed E-state index contributed by atoms with van der Waals surface area (Å²) in [5, 5.41) is 1.37. The Labute approximate surface area is 167 Å². The molecule has 28 heavy (non-hydrogen) atoms. The Morgan fingerprint density at radius 1 is 1.00 bits per heavy atom. The number of hydrogen-bond acceptors (Lipinski definition) is 2. The number of para-hydroxylation sites is 1. The van der Waals surface area contributed by atoms with Gasteiger partial charge in [0.25, 0.3) is 0 Å². The molecule has 2 aliphatic rings. The predicted molar refractivity (Wildman–Crippen MR) is 114 cm³/mol. The number of hydrogen-bond donors (Lipinski definition) is 1. The van der Waals surface area contributed by atoms with E-state index < -0.39 is 0 Å². The SMILES string of the molecule is CC1CC(c2ccccc2)(N(C)C)CCC12OCCc1c2[nH]c2ccccc12. The van der Waals surface area contributed by atoms with Crippen molar-refractivity contribution < 1.29 is 4.74 Å². The highest BCUT2D eigenvalue weighted by Gasteiger charge is 2.53. The van der Waals surface area contributed by atoms with E-state index in [9.17, 15) is 0 Å². The summed E-state index contributed by atoms with van der Waals surface area (Å²) in [7, 11) is 4.46. The third kappa shape index (κ3) is 2.42. The fourth-order valence-electron chi connectivity index (χ4n) is 5.90. The Bertz CT molecular complexity index is 992. The number of H-pyrrole nitrogens is 1. The van der Waals surface area contributed by atoms with Crippen LogP contribution in [0.1, 0.15) is 43.0 Å². The van der Waals surface area contributed by atoms with Crippen molar-refractivity contribution in [3.63, 3.8) is 0 Å². The fourth-order valence-corrected chi connectivity index (χ4v) is 5.90. The van der Waals surface area contributed by atoms with Crippen LogP contribution in [-0.4, -0.2) is 30.6 Å². The van der Waals surface area contributed by atoms with Crippen LogP contribution in [0.5, 0.6) is 0 Å². The van der Waals surface area contributed by atoms with Crippen LogP contribution in [0.2, 0.25) is 0 Å². The lowest BCUT2D eigenvalue weighted by Gasteiger charge is -2.54. The molecule has 1 fully saturated rings. The molecule has 1 aliphatic heterocycles. The van der Waals surface area contributed by atoms with E-state index in [1.165, 1.54) is 27.7 Å². The predicted octanol–water partition coefficient (Wildman–Crippen LogP) is 5.21. The van der Waals surface area contributed by atoms with E-state index in [-0.39, 0.29) is 11.1 Å². The van der Waals surface area contributed by atoms with Crippen LogP contribution < -0.4 is 0 Å². The zero-order valence-corrected chi connectivity index (χ0v) is 17.2. The fraction of sp³-hybridized carbons (Fsp3) is 0.440. The highest BCUT2D eigenvalue weighted by molar-refractivity contribution is 5.85.